The zero-order valence-corrected chi connectivity index (χ0v) is 15.8. The predicted octanol–water partition coefficient (Wildman–Crippen LogP) is 5.07. The highest BCUT2D eigenvalue weighted by Crippen LogP contribution is 2.37. The van der Waals surface area contributed by atoms with E-state index in [-0.39, 0.29) is 16.6 Å². The van der Waals surface area contributed by atoms with Crippen LogP contribution in [0.1, 0.15) is 15.2 Å². The normalized spacial score (nSPS) is 12.0. The Morgan fingerprint density at radius 2 is 1.69 bits per heavy atom. The van der Waals surface area contributed by atoms with Crippen molar-refractivity contribution in [3.05, 3.63) is 70.9 Å². The van der Waals surface area contributed by atoms with Gasteiger partial charge < -0.3 is 5.11 Å². The molecule has 3 rings (SSSR count). The first kappa shape index (κ1) is 20.8. The molecule has 0 bridgehead atoms. The molecule has 0 aliphatic rings. The molecule has 3 aromatic rings. The van der Waals surface area contributed by atoms with Gasteiger partial charge in [0.2, 0.25) is 0 Å². The van der Waals surface area contributed by atoms with Crippen LogP contribution < -0.4 is 4.72 Å². The predicted molar refractivity (Wildman–Crippen MR) is 98.9 cm³/mol. The van der Waals surface area contributed by atoms with Crippen molar-refractivity contribution >= 4 is 33.0 Å². The average Bonchev–Trinajstić information content (AvgIpc) is 3.05. The van der Waals surface area contributed by atoms with Crippen LogP contribution in [0.2, 0.25) is 0 Å². The maximum atomic E-state index is 13.4. The molecule has 29 heavy (non-hydrogen) atoms. The van der Waals surface area contributed by atoms with E-state index in [1.807, 2.05) is 4.72 Å². The van der Waals surface area contributed by atoms with E-state index >= 15 is 0 Å². The number of anilines is 1. The SMILES string of the molecule is O=C(O)c1sc(-c2ccccc2)cc1NS(=O)(=O)c1ccc(F)c(C(F)(F)F)c1. The molecule has 5 nitrogen and oxygen atoms in total. The third-order valence-corrected chi connectivity index (χ3v) is 6.32. The molecule has 0 saturated carbocycles. The molecule has 0 atom stereocenters. The van der Waals surface area contributed by atoms with E-state index < -0.39 is 38.4 Å². The van der Waals surface area contributed by atoms with Gasteiger partial charge in [-0.25, -0.2) is 17.6 Å². The molecule has 0 fully saturated rings. The number of hydrogen-bond acceptors (Lipinski definition) is 4. The largest absolute Gasteiger partial charge is 0.477 e. The molecule has 2 aromatic carbocycles. The van der Waals surface area contributed by atoms with Crippen molar-refractivity contribution in [3.8, 4) is 10.4 Å². The molecule has 0 unspecified atom stereocenters. The van der Waals surface area contributed by atoms with Crippen LogP contribution >= 0.6 is 11.3 Å². The van der Waals surface area contributed by atoms with Gasteiger partial charge in [0, 0.05) is 4.88 Å². The van der Waals surface area contributed by atoms with Crippen LogP contribution in [-0.4, -0.2) is 19.5 Å². The Hall–Kier alpha value is -2.92. The zero-order chi connectivity index (χ0) is 21.4. The minimum Gasteiger partial charge on any atom is -0.477 e. The second kappa shape index (κ2) is 7.48. The van der Waals surface area contributed by atoms with Gasteiger partial charge in [-0.3, -0.25) is 4.72 Å². The van der Waals surface area contributed by atoms with Crippen LogP contribution in [0.4, 0.5) is 23.2 Å². The summed E-state index contributed by atoms with van der Waals surface area (Å²) in [7, 11) is -4.61. The molecule has 0 aliphatic carbocycles. The Bertz CT molecular complexity index is 1170. The second-order valence-corrected chi connectivity index (χ2v) is 8.50. The average molecular weight is 445 g/mol. The number of hydrogen-bond donors (Lipinski definition) is 2. The zero-order valence-electron chi connectivity index (χ0n) is 14.2. The molecule has 0 amide bonds. The molecule has 0 aliphatic heterocycles. The highest BCUT2D eigenvalue weighted by Gasteiger charge is 2.35. The fourth-order valence-electron chi connectivity index (χ4n) is 2.46. The van der Waals surface area contributed by atoms with Gasteiger partial charge in [-0.15, -0.1) is 11.3 Å². The number of rotatable bonds is 5. The van der Waals surface area contributed by atoms with E-state index in [1.54, 1.807) is 30.3 Å². The second-order valence-electron chi connectivity index (χ2n) is 5.77. The van der Waals surface area contributed by atoms with Gasteiger partial charge in [0.05, 0.1) is 16.1 Å². The minimum absolute atomic E-state index is 0.155. The first-order valence-corrected chi connectivity index (χ1v) is 10.1. The van der Waals surface area contributed by atoms with Crippen LogP contribution in [0.3, 0.4) is 0 Å². The first-order chi connectivity index (χ1) is 13.5. The van der Waals surface area contributed by atoms with Crippen molar-refractivity contribution in [1.29, 1.82) is 0 Å². The molecular weight excluding hydrogens is 434 g/mol. The maximum Gasteiger partial charge on any atom is 0.419 e. The van der Waals surface area contributed by atoms with Crippen LogP contribution in [0, 0.1) is 5.82 Å². The summed E-state index contributed by atoms with van der Waals surface area (Å²) >= 11 is 0.800. The topological polar surface area (TPSA) is 83.5 Å². The van der Waals surface area contributed by atoms with E-state index in [9.17, 15) is 35.9 Å². The lowest BCUT2D eigenvalue weighted by atomic mass is 10.2. The Labute approximate surface area is 166 Å². The number of benzene rings is 2. The lowest BCUT2D eigenvalue weighted by Crippen LogP contribution is -2.16. The van der Waals surface area contributed by atoms with E-state index in [0.717, 1.165) is 11.3 Å². The van der Waals surface area contributed by atoms with Crippen molar-refractivity contribution in [2.75, 3.05) is 4.72 Å². The molecule has 0 spiro atoms. The van der Waals surface area contributed by atoms with E-state index in [4.69, 9.17) is 0 Å². The Morgan fingerprint density at radius 1 is 1.03 bits per heavy atom. The van der Waals surface area contributed by atoms with Crippen molar-refractivity contribution in [1.82, 2.24) is 0 Å². The van der Waals surface area contributed by atoms with E-state index in [2.05, 4.69) is 0 Å². The maximum absolute atomic E-state index is 13.4. The lowest BCUT2D eigenvalue weighted by molar-refractivity contribution is -0.140. The number of nitrogens with one attached hydrogen (secondary N) is 1. The first-order valence-electron chi connectivity index (χ1n) is 7.81. The Kier molecular flexibility index (Phi) is 5.37. The smallest absolute Gasteiger partial charge is 0.419 e. The van der Waals surface area contributed by atoms with Gasteiger partial charge in [0.1, 0.15) is 10.7 Å². The van der Waals surface area contributed by atoms with Gasteiger partial charge in [-0.1, -0.05) is 30.3 Å². The number of carbonyl (C=O) groups is 1. The number of alkyl halides is 3. The number of sulfonamides is 1. The number of carboxylic acids is 1. The third-order valence-electron chi connectivity index (χ3n) is 3.78. The molecule has 0 saturated heterocycles. The van der Waals surface area contributed by atoms with Crippen LogP contribution in [0.25, 0.3) is 10.4 Å². The molecule has 152 valence electrons. The highest BCUT2D eigenvalue weighted by molar-refractivity contribution is 7.92. The van der Waals surface area contributed by atoms with Crippen LogP contribution in [-0.2, 0) is 16.2 Å². The van der Waals surface area contributed by atoms with Gasteiger partial charge in [-0.05, 0) is 29.8 Å². The molecule has 1 heterocycles. The lowest BCUT2D eigenvalue weighted by Gasteiger charge is -2.11. The van der Waals surface area contributed by atoms with Gasteiger partial charge >= 0.3 is 12.1 Å². The Balaban J connectivity index is 2.03. The van der Waals surface area contributed by atoms with Crippen molar-refractivity contribution < 1.29 is 35.9 Å². The fraction of sp³-hybridized carbons (Fsp3) is 0.0556. The van der Waals surface area contributed by atoms with Crippen LogP contribution in [0.15, 0.2) is 59.5 Å². The number of thiophene rings is 1. The summed E-state index contributed by atoms with van der Waals surface area (Å²) in [6.45, 7) is 0. The number of aromatic carboxylic acids is 1. The van der Waals surface area contributed by atoms with E-state index in [1.165, 1.54) is 6.07 Å². The quantitative estimate of drug-likeness (QED) is 0.537. The molecule has 1 aromatic heterocycles. The molecule has 2 N–H and O–H groups in total. The molecular formula is C18H11F4NO4S2. The number of halogens is 4. The summed E-state index contributed by atoms with van der Waals surface area (Å²) < 4.78 is 79.1. The van der Waals surface area contributed by atoms with Crippen LogP contribution in [0.5, 0.6) is 0 Å². The monoisotopic (exact) mass is 445 g/mol. The summed E-state index contributed by atoms with van der Waals surface area (Å²) in [5.74, 6) is -3.03. The summed E-state index contributed by atoms with van der Waals surface area (Å²) in [5.41, 5.74) is -1.42. The number of carboxylic acid groups (broad SMARTS) is 1. The summed E-state index contributed by atoms with van der Waals surface area (Å²) in [6, 6.07) is 11.0. The third kappa shape index (κ3) is 4.40. The van der Waals surface area contributed by atoms with Gasteiger partial charge in [0.15, 0.2) is 0 Å². The highest BCUT2D eigenvalue weighted by atomic mass is 32.2. The van der Waals surface area contributed by atoms with Gasteiger partial charge in [-0.2, -0.15) is 13.2 Å². The summed E-state index contributed by atoms with van der Waals surface area (Å²) in [5, 5.41) is 9.36. The van der Waals surface area contributed by atoms with Gasteiger partial charge in [0.25, 0.3) is 10.0 Å². The standard InChI is InChI=1S/C18H11F4NO4S2/c19-13-7-6-11(8-12(13)18(20,21)22)29(26,27)23-14-9-15(28-16(14)17(24)25)10-4-2-1-3-5-10/h1-9,23H,(H,24,25). The molecule has 0 radical (unpaired) electrons. The van der Waals surface area contributed by atoms with Crippen molar-refractivity contribution in [2.24, 2.45) is 0 Å². The van der Waals surface area contributed by atoms with E-state index in [0.29, 0.717) is 22.6 Å². The van der Waals surface area contributed by atoms with Crippen molar-refractivity contribution in [2.45, 2.75) is 11.1 Å². The minimum atomic E-state index is -5.09. The Morgan fingerprint density at radius 3 is 2.28 bits per heavy atom. The fourth-order valence-corrected chi connectivity index (χ4v) is 4.57. The molecule has 11 heteroatoms. The summed E-state index contributed by atoms with van der Waals surface area (Å²) in [6.07, 6.45) is -5.09. The summed E-state index contributed by atoms with van der Waals surface area (Å²) in [4.78, 5) is 10.7. The van der Waals surface area contributed by atoms with Crippen molar-refractivity contribution in [3.63, 3.8) is 0 Å².